The molecule has 0 aromatic rings. The van der Waals surface area contributed by atoms with Gasteiger partial charge in [0.1, 0.15) is 0 Å². The Balaban J connectivity index is 2.71. The van der Waals surface area contributed by atoms with Gasteiger partial charge in [0.25, 0.3) is 11.5 Å². The molecular weight excluding hydrogens is 368 g/mol. The van der Waals surface area contributed by atoms with Crippen molar-refractivity contribution in [3.8, 4) is 0 Å². The Hall–Kier alpha value is -1.32. The van der Waals surface area contributed by atoms with E-state index in [1.807, 2.05) is 53.6 Å². The minimum atomic E-state index is -1.04. The van der Waals surface area contributed by atoms with Crippen molar-refractivity contribution < 1.29 is 19.2 Å². The van der Waals surface area contributed by atoms with E-state index in [0.29, 0.717) is 24.2 Å². The van der Waals surface area contributed by atoms with Crippen molar-refractivity contribution in [3.63, 3.8) is 0 Å². The minimum absolute atomic E-state index is 0.0995. The number of hydroxylamine groups is 1. The molecule has 27 heavy (non-hydrogen) atoms. The first-order valence-electron chi connectivity index (χ1n) is 9.26. The van der Waals surface area contributed by atoms with Gasteiger partial charge in [-0.15, -0.1) is 5.10 Å². The number of ketones is 1. The summed E-state index contributed by atoms with van der Waals surface area (Å²) in [6.45, 7) is 11.3. The van der Waals surface area contributed by atoms with Gasteiger partial charge in [0, 0.05) is 18.7 Å². The first-order valence-corrected chi connectivity index (χ1v) is 10.2. The van der Waals surface area contributed by atoms with Crippen LogP contribution in [0, 0.1) is 11.3 Å². The Labute approximate surface area is 166 Å². The highest BCUT2D eigenvalue weighted by molar-refractivity contribution is 8.13. The highest BCUT2D eigenvalue weighted by Crippen LogP contribution is 2.22. The van der Waals surface area contributed by atoms with E-state index in [1.54, 1.807) is 0 Å². The van der Waals surface area contributed by atoms with Gasteiger partial charge >= 0.3 is 6.03 Å². The van der Waals surface area contributed by atoms with Crippen LogP contribution < -0.4 is 5.48 Å². The maximum atomic E-state index is 12.5. The van der Waals surface area contributed by atoms with E-state index in [9.17, 15) is 9.59 Å². The number of hydrazone groups is 1. The highest BCUT2D eigenvalue weighted by atomic mass is 32.2. The molecule has 1 heterocycles. The predicted molar refractivity (Wildman–Crippen MR) is 108 cm³/mol. The Kier molecular flexibility index (Phi) is 9.55. The molecule has 0 aromatic carbocycles. The molecule has 1 rings (SSSR count). The Morgan fingerprint density at radius 3 is 2.59 bits per heavy atom. The molecule has 9 heteroatoms. The summed E-state index contributed by atoms with van der Waals surface area (Å²) in [5.41, 5.74) is 2.26. The van der Waals surface area contributed by atoms with E-state index < -0.39 is 12.3 Å². The van der Waals surface area contributed by atoms with Crippen LogP contribution in [0.3, 0.4) is 0 Å². The van der Waals surface area contributed by atoms with Crippen LogP contribution in [0.5, 0.6) is 0 Å². The summed E-state index contributed by atoms with van der Waals surface area (Å²) in [5, 5.41) is 5.56. The molecule has 1 N–H and O–H groups in total. The van der Waals surface area contributed by atoms with Gasteiger partial charge in [-0.25, -0.2) is 10.3 Å². The fourth-order valence-corrected chi connectivity index (χ4v) is 2.89. The van der Waals surface area contributed by atoms with Crippen LogP contribution >= 0.6 is 11.8 Å². The highest BCUT2D eigenvalue weighted by Gasteiger charge is 2.38. The van der Waals surface area contributed by atoms with Crippen LogP contribution in [0.15, 0.2) is 5.10 Å². The molecule has 1 atom stereocenters. The van der Waals surface area contributed by atoms with Crippen LogP contribution in [0.2, 0.25) is 0 Å². The van der Waals surface area contributed by atoms with Gasteiger partial charge in [-0.3, -0.25) is 9.63 Å². The zero-order chi connectivity index (χ0) is 20.6. The van der Waals surface area contributed by atoms with E-state index in [2.05, 4.69) is 10.6 Å². The summed E-state index contributed by atoms with van der Waals surface area (Å²) in [5.74, 6) is 0.971. The van der Waals surface area contributed by atoms with E-state index >= 15 is 0 Å². The number of Topliss-reactive ketones (excluding diaryl/α,β-unsaturated/α-hetero) is 1. The van der Waals surface area contributed by atoms with E-state index in [4.69, 9.17) is 9.57 Å². The van der Waals surface area contributed by atoms with Crippen LogP contribution in [0.25, 0.3) is 0 Å². The maximum Gasteiger partial charge on any atom is 0.365 e. The van der Waals surface area contributed by atoms with Gasteiger partial charge in [-0.2, -0.15) is 5.01 Å². The number of urea groups is 1. The molecule has 0 aliphatic carbocycles. The largest absolute Gasteiger partial charge is 0.438 e. The molecule has 8 nitrogen and oxygen atoms in total. The van der Waals surface area contributed by atoms with Crippen molar-refractivity contribution in [2.75, 3.05) is 33.0 Å². The van der Waals surface area contributed by atoms with Gasteiger partial charge < -0.3 is 9.64 Å². The number of amides is 2. The third-order valence-electron chi connectivity index (χ3n) is 3.50. The molecule has 0 aromatic heterocycles. The lowest BCUT2D eigenvalue weighted by Crippen LogP contribution is -2.45. The molecular formula is C18H34N4O4S. The number of hydrogen-bond acceptors (Lipinski definition) is 7. The summed E-state index contributed by atoms with van der Waals surface area (Å²) in [7, 11) is 3.95. The summed E-state index contributed by atoms with van der Waals surface area (Å²) in [4.78, 5) is 32.3. The van der Waals surface area contributed by atoms with Crippen LogP contribution in [-0.2, 0) is 14.4 Å². The van der Waals surface area contributed by atoms with Gasteiger partial charge in [-0.1, -0.05) is 46.4 Å². The topological polar surface area (TPSA) is 83.5 Å². The quantitative estimate of drug-likeness (QED) is 0.597. The molecule has 1 aliphatic heterocycles. The second-order valence-electron chi connectivity index (χ2n) is 8.49. The third-order valence-corrected chi connectivity index (χ3v) is 4.32. The Morgan fingerprint density at radius 2 is 2.04 bits per heavy atom. The van der Waals surface area contributed by atoms with Crippen molar-refractivity contribution in [1.82, 2.24) is 15.4 Å². The number of hydrogen-bond donors (Lipinski definition) is 1. The Morgan fingerprint density at radius 1 is 1.37 bits per heavy atom. The standard InChI is InChI=1S/C18H34N4O4S/c1-13(2)8-9-14(23)15-22(16(24)20-25-12-18(3,4)5)19-17(26-15)27-11-10-21(6)7/h13,15H,8-12H2,1-7H3,(H,20,24). The second-order valence-corrected chi connectivity index (χ2v) is 9.53. The van der Waals surface area contributed by atoms with E-state index in [0.717, 1.165) is 23.7 Å². The first kappa shape index (κ1) is 23.7. The molecule has 156 valence electrons. The zero-order valence-electron chi connectivity index (χ0n) is 17.6. The molecule has 0 radical (unpaired) electrons. The van der Waals surface area contributed by atoms with Gasteiger partial charge in [0.2, 0.25) is 0 Å². The van der Waals surface area contributed by atoms with Crippen molar-refractivity contribution in [2.24, 2.45) is 16.4 Å². The average molecular weight is 403 g/mol. The number of nitrogens with zero attached hydrogens (tertiary/aromatic N) is 3. The number of rotatable bonds is 9. The van der Waals surface area contributed by atoms with Crippen LogP contribution in [0.1, 0.15) is 47.5 Å². The second kappa shape index (κ2) is 10.9. The predicted octanol–water partition coefficient (Wildman–Crippen LogP) is 2.90. The maximum absolute atomic E-state index is 12.5. The summed E-state index contributed by atoms with van der Waals surface area (Å²) in [6, 6.07) is -0.606. The lowest BCUT2D eigenvalue weighted by Gasteiger charge is -2.21. The zero-order valence-corrected chi connectivity index (χ0v) is 18.4. The molecule has 2 amide bonds. The monoisotopic (exact) mass is 402 g/mol. The SMILES string of the molecule is CC(C)CCC(=O)C1OC(SCCN(C)C)=NN1C(=O)NOCC(C)(C)C. The smallest absolute Gasteiger partial charge is 0.365 e. The lowest BCUT2D eigenvalue weighted by molar-refractivity contribution is -0.131. The normalized spacial score (nSPS) is 17.3. The average Bonchev–Trinajstić information content (AvgIpc) is 2.95. The molecule has 1 aliphatic rings. The fraction of sp³-hybridized carbons (Fsp3) is 0.833. The lowest BCUT2D eigenvalue weighted by atomic mass is 9.99. The molecule has 0 saturated heterocycles. The summed E-state index contributed by atoms with van der Waals surface area (Å²) >= 11 is 1.38. The molecule has 0 bridgehead atoms. The Bertz CT molecular complexity index is 532. The number of thioether (sulfide) groups is 1. The van der Waals surface area contributed by atoms with Gasteiger partial charge in [-0.05, 0) is 31.8 Å². The van der Waals surface area contributed by atoms with Crippen molar-refractivity contribution in [1.29, 1.82) is 0 Å². The van der Waals surface area contributed by atoms with Gasteiger partial charge in [0.05, 0.1) is 6.61 Å². The molecule has 0 fully saturated rings. The van der Waals surface area contributed by atoms with Crippen LogP contribution in [0.4, 0.5) is 4.79 Å². The first-order chi connectivity index (χ1) is 12.5. The third kappa shape index (κ3) is 9.44. The van der Waals surface area contributed by atoms with E-state index in [-0.39, 0.29) is 11.2 Å². The molecule has 1 unspecified atom stereocenters. The van der Waals surface area contributed by atoms with Crippen molar-refractivity contribution >= 4 is 28.8 Å². The molecule has 0 saturated carbocycles. The summed E-state index contributed by atoms with van der Waals surface area (Å²) in [6.07, 6.45) is 0.0293. The van der Waals surface area contributed by atoms with Crippen molar-refractivity contribution in [2.45, 2.75) is 53.7 Å². The van der Waals surface area contributed by atoms with Gasteiger partial charge in [0.15, 0.2) is 5.78 Å². The number of carbonyl (C=O) groups excluding carboxylic acids is 2. The number of nitrogens with one attached hydrogen (secondary N) is 1. The van der Waals surface area contributed by atoms with Crippen LogP contribution in [-0.4, -0.2) is 66.2 Å². The summed E-state index contributed by atoms with van der Waals surface area (Å²) < 4.78 is 5.67. The minimum Gasteiger partial charge on any atom is -0.438 e. The molecule has 0 spiro atoms. The number of ether oxygens (including phenoxy) is 1. The van der Waals surface area contributed by atoms with Crippen molar-refractivity contribution in [3.05, 3.63) is 0 Å². The fourth-order valence-electron chi connectivity index (χ4n) is 1.96. The van der Waals surface area contributed by atoms with E-state index in [1.165, 1.54) is 11.8 Å². The number of carbonyl (C=O) groups is 2.